The SMILES string of the molecule is C[C@@H]1CN(c2ccc(C#N)c3ncccc23)C[C@H](C(=O)N[C@H]2CNC[C@H]2F)O1.Cl. The van der Waals surface area contributed by atoms with Crippen molar-refractivity contribution in [3.8, 4) is 6.07 Å². The fourth-order valence-corrected chi connectivity index (χ4v) is 3.88. The van der Waals surface area contributed by atoms with Crippen LogP contribution >= 0.6 is 12.4 Å². The van der Waals surface area contributed by atoms with Crippen molar-refractivity contribution in [3.05, 3.63) is 36.0 Å². The number of fused-ring (bicyclic) bond motifs is 1. The fraction of sp³-hybridized carbons (Fsp3) is 0.450. The molecule has 2 aromatic rings. The number of benzene rings is 1. The molecule has 2 aliphatic heterocycles. The van der Waals surface area contributed by atoms with E-state index in [-0.39, 0.29) is 31.0 Å². The summed E-state index contributed by atoms with van der Waals surface area (Å²) < 4.78 is 19.7. The predicted molar refractivity (Wildman–Crippen MR) is 110 cm³/mol. The predicted octanol–water partition coefficient (Wildman–Crippen LogP) is 1.55. The third-order valence-electron chi connectivity index (χ3n) is 5.23. The number of nitrogens with one attached hydrogen (secondary N) is 2. The van der Waals surface area contributed by atoms with Gasteiger partial charge in [-0.2, -0.15) is 5.26 Å². The molecule has 2 saturated heterocycles. The van der Waals surface area contributed by atoms with Gasteiger partial charge in [0, 0.05) is 36.9 Å². The average Bonchev–Trinajstić information content (AvgIpc) is 3.11. The Balaban J connectivity index is 0.00000240. The Bertz CT molecular complexity index is 937. The first-order valence-electron chi connectivity index (χ1n) is 9.40. The smallest absolute Gasteiger partial charge is 0.251 e. The topological polar surface area (TPSA) is 90.3 Å². The van der Waals surface area contributed by atoms with Crippen molar-refractivity contribution in [2.24, 2.45) is 0 Å². The van der Waals surface area contributed by atoms with Crippen LogP contribution in [-0.4, -0.2) is 61.5 Å². The molecule has 0 aliphatic carbocycles. The van der Waals surface area contributed by atoms with Gasteiger partial charge in [-0.15, -0.1) is 12.4 Å². The second-order valence-corrected chi connectivity index (χ2v) is 7.27. The Labute approximate surface area is 174 Å². The number of alkyl halides is 1. The maximum Gasteiger partial charge on any atom is 0.251 e. The molecule has 2 fully saturated rings. The van der Waals surface area contributed by atoms with Gasteiger partial charge < -0.3 is 20.3 Å². The molecule has 154 valence electrons. The number of aromatic nitrogens is 1. The zero-order chi connectivity index (χ0) is 19.7. The van der Waals surface area contributed by atoms with Crippen LogP contribution in [0.15, 0.2) is 30.5 Å². The number of rotatable bonds is 3. The number of hydrogen-bond donors (Lipinski definition) is 2. The minimum atomic E-state index is -1.09. The molecule has 2 aliphatic rings. The number of carbonyl (C=O) groups excluding carboxylic acids is 1. The first kappa shape index (κ1) is 21.2. The van der Waals surface area contributed by atoms with Crippen LogP contribution in [0.2, 0.25) is 0 Å². The first-order chi connectivity index (χ1) is 13.6. The van der Waals surface area contributed by atoms with Crippen molar-refractivity contribution in [2.45, 2.75) is 31.3 Å². The highest BCUT2D eigenvalue weighted by atomic mass is 35.5. The van der Waals surface area contributed by atoms with Gasteiger partial charge in [-0.3, -0.25) is 9.78 Å². The van der Waals surface area contributed by atoms with Crippen LogP contribution in [0.1, 0.15) is 12.5 Å². The lowest BCUT2D eigenvalue weighted by Gasteiger charge is -2.38. The Morgan fingerprint density at radius 3 is 2.93 bits per heavy atom. The number of hydrogen-bond acceptors (Lipinski definition) is 6. The molecule has 1 aromatic heterocycles. The van der Waals surface area contributed by atoms with Crippen LogP contribution in [0.4, 0.5) is 10.1 Å². The molecular weight excluding hydrogens is 397 g/mol. The highest BCUT2D eigenvalue weighted by Gasteiger charge is 2.35. The summed E-state index contributed by atoms with van der Waals surface area (Å²) in [5.41, 5.74) is 2.05. The molecule has 4 rings (SSSR count). The van der Waals surface area contributed by atoms with Crippen molar-refractivity contribution >= 4 is 34.9 Å². The molecular formula is C20H23ClFN5O2. The van der Waals surface area contributed by atoms with Crippen LogP contribution in [-0.2, 0) is 9.53 Å². The molecule has 0 saturated carbocycles. The molecule has 0 unspecified atom stereocenters. The summed E-state index contributed by atoms with van der Waals surface area (Å²) in [6, 6.07) is 9.02. The van der Waals surface area contributed by atoms with E-state index in [2.05, 4.69) is 26.6 Å². The second kappa shape index (κ2) is 8.91. The molecule has 3 heterocycles. The summed E-state index contributed by atoms with van der Waals surface area (Å²) in [6.07, 6.45) is -0.294. The van der Waals surface area contributed by atoms with E-state index < -0.39 is 18.3 Å². The summed E-state index contributed by atoms with van der Waals surface area (Å²) in [7, 11) is 0. The van der Waals surface area contributed by atoms with E-state index >= 15 is 0 Å². The van der Waals surface area contributed by atoms with Crippen LogP contribution in [0, 0.1) is 11.3 Å². The maximum absolute atomic E-state index is 13.8. The third-order valence-corrected chi connectivity index (χ3v) is 5.23. The van der Waals surface area contributed by atoms with Crippen molar-refractivity contribution < 1.29 is 13.9 Å². The maximum atomic E-state index is 13.8. The zero-order valence-corrected chi connectivity index (χ0v) is 16.8. The van der Waals surface area contributed by atoms with E-state index in [9.17, 15) is 14.4 Å². The highest BCUT2D eigenvalue weighted by molar-refractivity contribution is 5.95. The standard InChI is InChI=1S/C20H22FN5O2.ClH/c1-12-10-26(11-18(28-12)20(27)25-16-9-23-8-15(16)21)17-5-4-13(7-22)19-14(17)3-2-6-24-19;/h2-6,12,15-16,18,23H,8-11H2,1H3,(H,25,27);1H/t12-,15-,16+,18-;/m1./s1. The minimum absolute atomic E-state index is 0. The molecule has 29 heavy (non-hydrogen) atoms. The quantitative estimate of drug-likeness (QED) is 0.784. The lowest BCUT2D eigenvalue weighted by atomic mass is 10.1. The highest BCUT2D eigenvalue weighted by Crippen LogP contribution is 2.30. The Hall–Kier alpha value is -2.47. The molecule has 4 atom stereocenters. The van der Waals surface area contributed by atoms with Crippen LogP contribution < -0.4 is 15.5 Å². The molecule has 0 bridgehead atoms. The van der Waals surface area contributed by atoms with Crippen molar-refractivity contribution in [3.63, 3.8) is 0 Å². The van der Waals surface area contributed by atoms with Crippen LogP contribution in [0.25, 0.3) is 10.9 Å². The molecule has 0 radical (unpaired) electrons. The van der Waals surface area contributed by atoms with Gasteiger partial charge in [0.1, 0.15) is 12.2 Å². The summed E-state index contributed by atoms with van der Waals surface area (Å²) in [6.45, 7) is 3.54. The Morgan fingerprint density at radius 2 is 2.21 bits per heavy atom. The van der Waals surface area contributed by atoms with Crippen molar-refractivity contribution in [2.75, 3.05) is 31.1 Å². The number of morpholine rings is 1. The fourth-order valence-electron chi connectivity index (χ4n) is 3.88. The van der Waals surface area contributed by atoms with E-state index in [1.807, 2.05) is 25.1 Å². The van der Waals surface area contributed by atoms with Crippen molar-refractivity contribution in [1.29, 1.82) is 5.26 Å². The number of carbonyl (C=O) groups is 1. The minimum Gasteiger partial charge on any atom is -0.365 e. The third kappa shape index (κ3) is 4.27. The molecule has 0 spiro atoms. The van der Waals surface area contributed by atoms with Gasteiger partial charge >= 0.3 is 0 Å². The molecule has 1 amide bonds. The number of amides is 1. The van der Waals surface area contributed by atoms with Gasteiger partial charge in [-0.25, -0.2) is 4.39 Å². The monoisotopic (exact) mass is 419 g/mol. The summed E-state index contributed by atoms with van der Waals surface area (Å²) in [5.74, 6) is -0.302. The molecule has 7 nitrogen and oxygen atoms in total. The van der Waals surface area contributed by atoms with Crippen LogP contribution in [0.3, 0.4) is 0 Å². The lowest BCUT2D eigenvalue weighted by Crippen LogP contribution is -2.55. The zero-order valence-electron chi connectivity index (χ0n) is 16.0. The normalized spacial score (nSPS) is 26.6. The Kier molecular flexibility index (Phi) is 6.52. The van der Waals surface area contributed by atoms with Gasteiger partial charge in [0.25, 0.3) is 5.91 Å². The van der Waals surface area contributed by atoms with Gasteiger partial charge in [0.15, 0.2) is 6.10 Å². The molecule has 9 heteroatoms. The number of pyridine rings is 1. The average molecular weight is 420 g/mol. The van der Waals surface area contributed by atoms with Gasteiger partial charge in [0.05, 0.1) is 29.8 Å². The van der Waals surface area contributed by atoms with E-state index in [1.54, 1.807) is 12.3 Å². The largest absolute Gasteiger partial charge is 0.365 e. The van der Waals surface area contributed by atoms with E-state index in [0.717, 1.165) is 11.1 Å². The second-order valence-electron chi connectivity index (χ2n) is 7.27. The molecule has 2 N–H and O–H groups in total. The molecule has 1 aromatic carbocycles. The number of anilines is 1. The van der Waals surface area contributed by atoms with E-state index in [1.165, 1.54) is 0 Å². The van der Waals surface area contributed by atoms with Crippen LogP contribution in [0.5, 0.6) is 0 Å². The Morgan fingerprint density at radius 1 is 1.38 bits per heavy atom. The number of halogens is 2. The van der Waals surface area contributed by atoms with E-state index in [4.69, 9.17) is 4.74 Å². The number of nitriles is 1. The van der Waals surface area contributed by atoms with Gasteiger partial charge in [-0.1, -0.05) is 0 Å². The number of nitrogens with zero attached hydrogens (tertiary/aromatic N) is 3. The first-order valence-corrected chi connectivity index (χ1v) is 9.40. The summed E-state index contributed by atoms with van der Waals surface area (Å²) in [5, 5.41) is 15.9. The van der Waals surface area contributed by atoms with E-state index in [0.29, 0.717) is 30.7 Å². The lowest BCUT2D eigenvalue weighted by molar-refractivity contribution is -0.138. The summed E-state index contributed by atoms with van der Waals surface area (Å²) >= 11 is 0. The van der Waals surface area contributed by atoms with Gasteiger partial charge in [-0.05, 0) is 31.2 Å². The van der Waals surface area contributed by atoms with Crippen molar-refractivity contribution in [1.82, 2.24) is 15.6 Å². The summed E-state index contributed by atoms with van der Waals surface area (Å²) in [4.78, 5) is 19.1. The number of ether oxygens (including phenoxy) is 1. The van der Waals surface area contributed by atoms with Gasteiger partial charge in [0.2, 0.25) is 0 Å².